The zero-order chi connectivity index (χ0) is 21.8. The Bertz CT molecular complexity index is 1110. The summed E-state index contributed by atoms with van der Waals surface area (Å²) in [4.78, 5) is 27.3. The van der Waals surface area contributed by atoms with Crippen LogP contribution in [-0.4, -0.2) is 42.0 Å². The minimum absolute atomic E-state index is 0.357. The predicted molar refractivity (Wildman–Crippen MR) is 117 cm³/mol. The highest BCUT2D eigenvalue weighted by Gasteiger charge is 2.19. The van der Waals surface area contributed by atoms with Gasteiger partial charge in [0.05, 0.1) is 18.9 Å². The first-order valence-electron chi connectivity index (χ1n) is 10.1. The Labute approximate surface area is 179 Å². The number of ether oxygens (including phenoxy) is 1. The highest BCUT2D eigenvalue weighted by atomic mass is 19.1. The van der Waals surface area contributed by atoms with Gasteiger partial charge in [0.25, 0.3) is 5.56 Å². The summed E-state index contributed by atoms with van der Waals surface area (Å²) in [5.74, 6) is -0.713. The topological polar surface area (TPSA) is 76.5 Å². The number of hydrogen-bond donors (Lipinski definition) is 1. The molecule has 1 N–H and O–H groups in total. The fourth-order valence-electron chi connectivity index (χ4n) is 3.41. The van der Waals surface area contributed by atoms with Crippen LogP contribution in [0, 0.1) is 5.82 Å². The van der Waals surface area contributed by atoms with Gasteiger partial charge >= 0.3 is 0 Å². The third-order valence-electron chi connectivity index (χ3n) is 5.22. The first kappa shape index (κ1) is 20.7. The molecule has 3 aromatic rings. The van der Waals surface area contributed by atoms with Gasteiger partial charge in [-0.25, -0.2) is 9.07 Å². The molecule has 0 aliphatic carbocycles. The monoisotopic (exact) mass is 422 g/mol. The lowest BCUT2D eigenvalue weighted by molar-refractivity contribution is -0.119. The summed E-state index contributed by atoms with van der Waals surface area (Å²) >= 11 is 0. The van der Waals surface area contributed by atoms with Crippen LogP contribution in [0.5, 0.6) is 0 Å². The number of aromatic nitrogens is 2. The minimum atomic E-state index is -0.827. The second-order valence-corrected chi connectivity index (χ2v) is 7.32. The van der Waals surface area contributed by atoms with Crippen molar-refractivity contribution in [3.63, 3.8) is 0 Å². The molecule has 8 heteroatoms. The molecule has 1 aromatic heterocycles. The summed E-state index contributed by atoms with van der Waals surface area (Å²) in [7, 11) is 0. The highest BCUT2D eigenvalue weighted by Crippen LogP contribution is 2.20. The Hall–Kier alpha value is -3.52. The normalized spacial score (nSPS) is 14.8. The number of halogens is 1. The molecule has 31 heavy (non-hydrogen) atoms. The number of carbonyl (C=O) groups excluding carboxylic acids is 1. The van der Waals surface area contributed by atoms with Gasteiger partial charge in [-0.1, -0.05) is 0 Å². The molecule has 2 heterocycles. The zero-order valence-electron chi connectivity index (χ0n) is 17.1. The van der Waals surface area contributed by atoms with Gasteiger partial charge in [-0.3, -0.25) is 9.59 Å². The molecule has 1 aliphatic rings. The maximum atomic E-state index is 13.2. The number of nitrogens with one attached hydrogen (secondary N) is 1. The van der Waals surface area contributed by atoms with Crippen molar-refractivity contribution in [3.05, 3.63) is 76.8 Å². The quantitative estimate of drug-likeness (QED) is 0.684. The van der Waals surface area contributed by atoms with Crippen LogP contribution in [0.15, 0.2) is 65.5 Å². The summed E-state index contributed by atoms with van der Waals surface area (Å²) < 4.78 is 19.7. The van der Waals surface area contributed by atoms with Crippen molar-refractivity contribution in [2.24, 2.45) is 0 Å². The SMILES string of the molecule is CC(C(=O)Nc1ccc(N2CCOCC2)cc1)n1nc(-c2ccc(F)cc2)ccc1=O. The van der Waals surface area contributed by atoms with Gasteiger partial charge in [-0.2, -0.15) is 5.10 Å². The molecule has 1 unspecified atom stereocenters. The van der Waals surface area contributed by atoms with Gasteiger partial charge in [0, 0.05) is 36.1 Å². The van der Waals surface area contributed by atoms with Crippen molar-refractivity contribution in [2.45, 2.75) is 13.0 Å². The van der Waals surface area contributed by atoms with Gasteiger partial charge < -0.3 is 15.0 Å². The Morgan fingerprint density at radius 2 is 1.71 bits per heavy atom. The van der Waals surface area contributed by atoms with Crippen LogP contribution < -0.4 is 15.8 Å². The maximum absolute atomic E-state index is 13.2. The largest absolute Gasteiger partial charge is 0.378 e. The lowest BCUT2D eigenvalue weighted by Crippen LogP contribution is -2.36. The van der Waals surface area contributed by atoms with E-state index < -0.39 is 11.6 Å². The van der Waals surface area contributed by atoms with Crippen LogP contribution in [0.25, 0.3) is 11.3 Å². The molecular formula is C23H23FN4O3. The van der Waals surface area contributed by atoms with Crippen molar-refractivity contribution in [1.29, 1.82) is 0 Å². The van der Waals surface area contributed by atoms with Crippen molar-refractivity contribution in [2.75, 3.05) is 36.5 Å². The van der Waals surface area contributed by atoms with Crippen LogP contribution in [0.2, 0.25) is 0 Å². The van der Waals surface area contributed by atoms with Gasteiger partial charge in [-0.05, 0) is 61.5 Å². The van der Waals surface area contributed by atoms with E-state index in [0.29, 0.717) is 30.2 Å². The fraction of sp³-hybridized carbons (Fsp3) is 0.261. The van der Waals surface area contributed by atoms with Gasteiger partial charge in [0.15, 0.2) is 0 Å². The van der Waals surface area contributed by atoms with E-state index in [1.807, 2.05) is 24.3 Å². The van der Waals surface area contributed by atoms with Crippen LogP contribution in [0.3, 0.4) is 0 Å². The molecule has 7 nitrogen and oxygen atoms in total. The summed E-state index contributed by atoms with van der Waals surface area (Å²) in [6.07, 6.45) is 0. The second-order valence-electron chi connectivity index (χ2n) is 7.32. The first-order chi connectivity index (χ1) is 15.0. The van der Waals surface area contributed by atoms with E-state index >= 15 is 0 Å². The Kier molecular flexibility index (Phi) is 6.08. The van der Waals surface area contributed by atoms with E-state index in [4.69, 9.17) is 4.74 Å². The molecule has 0 saturated carbocycles. The van der Waals surface area contributed by atoms with Gasteiger partial charge in [-0.15, -0.1) is 0 Å². The van der Waals surface area contributed by atoms with Gasteiger partial charge in [0.1, 0.15) is 11.9 Å². The molecule has 0 radical (unpaired) electrons. The Balaban J connectivity index is 1.48. The van der Waals surface area contributed by atoms with Crippen molar-refractivity contribution >= 4 is 17.3 Å². The van der Waals surface area contributed by atoms with Gasteiger partial charge in [0.2, 0.25) is 5.91 Å². The highest BCUT2D eigenvalue weighted by molar-refractivity contribution is 5.93. The number of hydrogen-bond acceptors (Lipinski definition) is 5. The first-order valence-corrected chi connectivity index (χ1v) is 10.1. The van der Waals surface area contributed by atoms with E-state index in [9.17, 15) is 14.0 Å². The number of nitrogens with zero attached hydrogens (tertiary/aromatic N) is 3. The molecule has 1 atom stereocenters. The summed E-state index contributed by atoms with van der Waals surface area (Å²) in [5, 5.41) is 7.15. The molecule has 0 spiro atoms. The zero-order valence-corrected chi connectivity index (χ0v) is 17.1. The van der Waals surface area contributed by atoms with Crippen LogP contribution >= 0.6 is 0 Å². The van der Waals surface area contributed by atoms with Crippen molar-refractivity contribution in [3.8, 4) is 11.3 Å². The van der Waals surface area contributed by atoms with E-state index in [2.05, 4.69) is 15.3 Å². The maximum Gasteiger partial charge on any atom is 0.267 e. The standard InChI is InChI=1S/C23H23FN4O3/c1-16(28-22(29)11-10-21(26-28)17-2-4-18(24)5-3-17)23(30)25-19-6-8-20(9-7-19)27-12-14-31-15-13-27/h2-11,16H,12-15H2,1H3,(H,25,30). The molecule has 160 valence electrons. The third kappa shape index (κ3) is 4.80. The lowest BCUT2D eigenvalue weighted by Gasteiger charge is -2.29. The number of carbonyl (C=O) groups is 1. The number of rotatable bonds is 5. The number of benzene rings is 2. The summed E-state index contributed by atoms with van der Waals surface area (Å²) in [6, 6.07) is 15.4. The molecular weight excluding hydrogens is 399 g/mol. The van der Waals surface area contributed by atoms with Crippen LogP contribution in [-0.2, 0) is 9.53 Å². The average Bonchev–Trinajstić information content (AvgIpc) is 2.80. The molecule has 1 saturated heterocycles. The fourth-order valence-corrected chi connectivity index (χ4v) is 3.41. The van der Waals surface area contributed by atoms with E-state index in [1.54, 1.807) is 25.1 Å². The third-order valence-corrected chi connectivity index (χ3v) is 5.22. The molecule has 1 aliphatic heterocycles. The molecule has 1 fully saturated rings. The number of amides is 1. The smallest absolute Gasteiger partial charge is 0.267 e. The van der Waals surface area contributed by atoms with Crippen molar-refractivity contribution in [1.82, 2.24) is 9.78 Å². The minimum Gasteiger partial charge on any atom is -0.378 e. The molecule has 2 aromatic carbocycles. The van der Waals surface area contributed by atoms with E-state index in [1.165, 1.54) is 18.2 Å². The average molecular weight is 422 g/mol. The summed E-state index contributed by atoms with van der Waals surface area (Å²) in [6.45, 7) is 4.69. The molecule has 1 amide bonds. The lowest BCUT2D eigenvalue weighted by atomic mass is 10.1. The summed E-state index contributed by atoms with van der Waals surface area (Å²) in [5.41, 5.74) is 2.45. The Morgan fingerprint density at radius 3 is 2.39 bits per heavy atom. The van der Waals surface area contributed by atoms with E-state index in [-0.39, 0.29) is 11.7 Å². The number of morpholine rings is 1. The molecule has 4 rings (SSSR count). The predicted octanol–water partition coefficient (Wildman–Crippen LogP) is 3.09. The Morgan fingerprint density at radius 1 is 1.03 bits per heavy atom. The van der Waals surface area contributed by atoms with Crippen LogP contribution in [0.4, 0.5) is 15.8 Å². The van der Waals surface area contributed by atoms with Crippen LogP contribution in [0.1, 0.15) is 13.0 Å². The molecule has 0 bridgehead atoms. The van der Waals surface area contributed by atoms with Crippen molar-refractivity contribution < 1.29 is 13.9 Å². The second kappa shape index (κ2) is 9.09. The number of anilines is 2. The van der Waals surface area contributed by atoms with E-state index in [0.717, 1.165) is 23.5 Å².